The fraction of sp³-hybridized carbons (Fsp3) is 0.696. The van der Waals surface area contributed by atoms with Gasteiger partial charge in [0.25, 0.3) is 5.56 Å². The van der Waals surface area contributed by atoms with Crippen molar-refractivity contribution in [3.05, 3.63) is 33.4 Å². The molecule has 1 atom stereocenters. The van der Waals surface area contributed by atoms with Gasteiger partial charge >= 0.3 is 0 Å². The molecule has 168 valence electrons. The standard InChI is InChI=1S/C23H33N5O3/c1-2-4-22(29)27-9-3-5-16(14-27)20-13-21-24-19-6-10-26(17-7-11-31-12-8-17)15-18(19)23(30)28(21)25-20/h13,16-17,25H,2-12,14-15H2,1H3. The van der Waals surface area contributed by atoms with E-state index in [0.29, 0.717) is 24.7 Å². The van der Waals surface area contributed by atoms with Gasteiger partial charge in [-0.05, 0) is 32.1 Å². The predicted molar refractivity (Wildman–Crippen MR) is 117 cm³/mol. The monoisotopic (exact) mass is 427 g/mol. The van der Waals surface area contributed by atoms with Gasteiger partial charge in [-0.1, -0.05) is 6.92 Å². The van der Waals surface area contributed by atoms with Crippen LogP contribution in [0, 0.1) is 0 Å². The molecule has 0 aliphatic carbocycles. The van der Waals surface area contributed by atoms with Gasteiger partial charge in [0.05, 0.1) is 11.3 Å². The van der Waals surface area contributed by atoms with Gasteiger partial charge in [-0.2, -0.15) is 0 Å². The Morgan fingerprint density at radius 3 is 2.90 bits per heavy atom. The van der Waals surface area contributed by atoms with Crippen molar-refractivity contribution in [3.8, 4) is 0 Å². The maximum atomic E-state index is 13.3. The fourth-order valence-corrected chi connectivity index (χ4v) is 5.42. The molecule has 2 saturated heterocycles. The molecule has 1 N–H and O–H groups in total. The van der Waals surface area contributed by atoms with Crippen LogP contribution in [0.1, 0.15) is 68.3 Å². The van der Waals surface area contributed by atoms with Crippen molar-refractivity contribution in [2.45, 2.75) is 70.4 Å². The Morgan fingerprint density at radius 2 is 2.10 bits per heavy atom. The molecule has 0 spiro atoms. The van der Waals surface area contributed by atoms with Gasteiger partial charge in [0.1, 0.15) is 0 Å². The Bertz CT molecular complexity index is 1010. The number of nitrogens with zero attached hydrogens (tertiary/aromatic N) is 4. The van der Waals surface area contributed by atoms with Crippen molar-refractivity contribution in [3.63, 3.8) is 0 Å². The molecular weight excluding hydrogens is 394 g/mol. The Kier molecular flexibility index (Phi) is 5.84. The molecule has 3 aliphatic rings. The average Bonchev–Trinajstić information content (AvgIpc) is 3.24. The van der Waals surface area contributed by atoms with Crippen molar-refractivity contribution < 1.29 is 9.53 Å². The van der Waals surface area contributed by atoms with Gasteiger partial charge in [-0.15, -0.1) is 0 Å². The highest BCUT2D eigenvalue weighted by Crippen LogP contribution is 2.28. The number of aromatic nitrogens is 3. The van der Waals surface area contributed by atoms with Gasteiger partial charge in [0, 0.05) is 76.0 Å². The molecule has 2 aromatic heterocycles. The van der Waals surface area contributed by atoms with Crippen molar-refractivity contribution in [1.29, 1.82) is 0 Å². The van der Waals surface area contributed by atoms with E-state index in [2.05, 4.69) is 10.00 Å². The Balaban J connectivity index is 1.39. The third kappa shape index (κ3) is 4.03. The van der Waals surface area contributed by atoms with Crippen LogP contribution in [0.5, 0.6) is 0 Å². The Hall–Kier alpha value is -2.19. The van der Waals surface area contributed by atoms with Crippen LogP contribution in [0.15, 0.2) is 10.9 Å². The molecule has 5 rings (SSSR count). The second-order valence-electron chi connectivity index (χ2n) is 9.24. The SMILES string of the molecule is CCCC(=O)N1CCCC(c2cc3nc4c(c(=O)n3[nH]2)CN(C2CCOCC2)CC4)C1. The van der Waals surface area contributed by atoms with E-state index in [4.69, 9.17) is 9.72 Å². The van der Waals surface area contributed by atoms with Gasteiger partial charge in [-0.25, -0.2) is 9.50 Å². The van der Waals surface area contributed by atoms with Crippen LogP contribution < -0.4 is 5.56 Å². The zero-order chi connectivity index (χ0) is 21.4. The van der Waals surface area contributed by atoms with Crippen molar-refractivity contribution in [2.24, 2.45) is 0 Å². The summed E-state index contributed by atoms with van der Waals surface area (Å²) in [6.07, 6.45) is 6.39. The molecule has 0 aromatic carbocycles. The normalized spacial score (nSPS) is 23.3. The second kappa shape index (κ2) is 8.74. The van der Waals surface area contributed by atoms with Gasteiger partial charge in [0.2, 0.25) is 5.91 Å². The number of hydrogen-bond acceptors (Lipinski definition) is 5. The zero-order valence-electron chi connectivity index (χ0n) is 18.4. The molecule has 0 saturated carbocycles. The molecular formula is C23H33N5O3. The fourth-order valence-electron chi connectivity index (χ4n) is 5.42. The maximum Gasteiger partial charge on any atom is 0.277 e. The lowest BCUT2D eigenvalue weighted by Crippen LogP contribution is -2.44. The lowest BCUT2D eigenvalue weighted by Gasteiger charge is -2.36. The minimum atomic E-state index is 0.0257. The summed E-state index contributed by atoms with van der Waals surface area (Å²) in [5.41, 5.74) is 3.52. The van der Waals surface area contributed by atoms with Crippen LogP contribution in [0.2, 0.25) is 0 Å². The molecule has 1 amide bonds. The zero-order valence-corrected chi connectivity index (χ0v) is 18.4. The summed E-state index contributed by atoms with van der Waals surface area (Å²) in [5.74, 6) is 0.466. The lowest BCUT2D eigenvalue weighted by molar-refractivity contribution is -0.132. The number of fused-ring (bicyclic) bond motifs is 2. The predicted octanol–water partition coefficient (Wildman–Crippen LogP) is 2.07. The molecule has 0 radical (unpaired) electrons. The first-order chi connectivity index (χ1) is 15.1. The maximum absolute atomic E-state index is 13.3. The topological polar surface area (TPSA) is 82.9 Å². The summed E-state index contributed by atoms with van der Waals surface area (Å²) in [7, 11) is 0. The number of ether oxygens (including phenoxy) is 1. The number of amides is 1. The number of nitrogens with one attached hydrogen (secondary N) is 1. The third-order valence-corrected chi connectivity index (χ3v) is 7.20. The highest BCUT2D eigenvalue weighted by Gasteiger charge is 2.30. The van der Waals surface area contributed by atoms with Crippen LogP contribution in [0.4, 0.5) is 0 Å². The number of carbonyl (C=O) groups is 1. The third-order valence-electron chi connectivity index (χ3n) is 7.20. The van der Waals surface area contributed by atoms with Gasteiger partial charge < -0.3 is 9.64 Å². The smallest absolute Gasteiger partial charge is 0.277 e. The summed E-state index contributed by atoms with van der Waals surface area (Å²) in [6.45, 7) is 6.84. The molecule has 1 unspecified atom stereocenters. The van der Waals surface area contributed by atoms with Crippen LogP contribution in [0.25, 0.3) is 5.65 Å². The Morgan fingerprint density at radius 1 is 1.26 bits per heavy atom. The molecule has 31 heavy (non-hydrogen) atoms. The van der Waals surface area contributed by atoms with E-state index in [1.165, 1.54) is 0 Å². The largest absolute Gasteiger partial charge is 0.381 e. The van der Waals surface area contributed by atoms with Crippen molar-refractivity contribution in [1.82, 2.24) is 24.4 Å². The molecule has 2 fully saturated rings. The average molecular weight is 428 g/mol. The van der Waals surface area contributed by atoms with Crippen LogP contribution in [0.3, 0.4) is 0 Å². The van der Waals surface area contributed by atoms with Crippen molar-refractivity contribution in [2.75, 3.05) is 32.8 Å². The highest BCUT2D eigenvalue weighted by atomic mass is 16.5. The minimum absolute atomic E-state index is 0.0257. The number of carbonyl (C=O) groups excluding carboxylic acids is 1. The van der Waals surface area contributed by atoms with Crippen LogP contribution >= 0.6 is 0 Å². The summed E-state index contributed by atoms with van der Waals surface area (Å²) < 4.78 is 7.12. The number of likely N-dealkylation sites (tertiary alicyclic amines) is 1. The number of hydrogen-bond donors (Lipinski definition) is 1. The number of aromatic amines is 1. The summed E-state index contributed by atoms with van der Waals surface area (Å²) in [4.78, 5) is 35.0. The first kappa shape index (κ1) is 20.7. The van der Waals surface area contributed by atoms with E-state index in [1.807, 2.05) is 17.9 Å². The van der Waals surface area contributed by atoms with E-state index in [-0.39, 0.29) is 17.4 Å². The Labute approximate surface area is 182 Å². The lowest BCUT2D eigenvalue weighted by atomic mass is 9.94. The van der Waals surface area contributed by atoms with E-state index in [0.717, 1.165) is 88.3 Å². The number of piperidine rings is 1. The molecule has 5 heterocycles. The number of rotatable bonds is 4. The summed E-state index contributed by atoms with van der Waals surface area (Å²) in [5, 5.41) is 3.33. The molecule has 2 aromatic rings. The van der Waals surface area contributed by atoms with E-state index in [1.54, 1.807) is 4.52 Å². The second-order valence-corrected chi connectivity index (χ2v) is 9.24. The van der Waals surface area contributed by atoms with E-state index in [9.17, 15) is 9.59 Å². The van der Waals surface area contributed by atoms with E-state index < -0.39 is 0 Å². The number of H-pyrrole nitrogens is 1. The quantitative estimate of drug-likeness (QED) is 0.808. The first-order valence-electron chi connectivity index (χ1n) is 11.9. The molecule has 8 heteroatoms. The minimum Gasteiger partial charge on any atom is -0.381 e. The van der Waals surface area contributed by atoms with Crippen LogP contribution in [-0.2, 0) is 22.5 Å². The van der Waals surface area contributed by atoms with Gasteiger partial charge in [-0.3, -0.25) is 19.6 Å². The van der Waals surface area contributed by atoms with Crippen molar-refractivity contribution >= 4 is 11.6 Å². The molecule has 0 bridgehead atoms. The molecule has 3 aliphatic heterocycles. The molecule has 8 nitrogen and oxygen atoms in total. The van der Waals surface area contributed by atoms with Gasteiger partial charge in [0.15, 0.2) is 5.65 Å². The summed E-state index contributed by atoms with van der Waals surface area (Å²) in [6, 6.07) is 2.51. The highest BCUT2D eigenvalue weighted by molar-refractivity contribution is 5.76. The van der Waals surface area contributed by atoms with E-state index >= 15 is 0 Å². The van der Waals surface area contributed by atoms with Crippen LogP contribution in [-0.4, -0.2) is 69.2 Å². The first-order valence-corrected chi connectivity index (χ1v) is 11.9. The summed E-state index contributed by atoms with van der Waals surface area (Å²) >= 11 is 0.